The molecule has 1 heterocycles. The molecule has 2 rings (SSSR count). The Morgan fingerprint density at radius 2 is 1.89 bits per heavy atom. The van der Waals surface area contributed by atoms with Gasteiger partial charge in [0.15, 0.2) is 5.82 Å². The number of benzene rings is 1. The molecule has 0 unspecified atom stereocenters. The maximum atomic E-state index is 5.64. The molecule has 0 saturated heterocycles. The van der Waals surface area contributed by atoms with E-state index >= 15 is 0 Å². The number of aromatic nitrogens is 2. The largest absolute Gasteiger partial charge is 0.370 e. The Morgan fingerprint density at radius 3 is 2.63 bits per heavy atom. The molecule has 2 aromatic rings. The molecule has 0 atom stereocenters. The molecule has 1 aromatic heterocycles. The molecule has 0 amide bonds. The van der Waals surface area contributed by atoms with Gasteiger partial charge in [-0.3, -0.25) is 0 Å². The normalized spacial score (nSPS) is 10.4. The van der Waals surface area contributed by atoms with E-state index in [1.54, 1.807) is 0 Å². The van der Waals surface area contributed by atoms with Gasteiger partial charge in [-0.1, -0.05) is 30.3 Å². The van der Waals surface area contributed by atoms with Crippen molar-refractivity contribution in [3.63, 3.8) is 0 Å². The molecular formula is C15H19N3O. The maximum Gasteiger partial charge on any atom is 0.156 e. The Hall–Kier alpha value is -1.94. The summed E-state index contributed by atoms with van der Waals surface area (Å²) in [7, 11) is 0. The third kappa shape index (κ3) is 4.34. The summed E-state index contributed by atoms with van der Waals surface area (Å²) in [6.07, 6.45) is 0. The summed E-state index contributed by atoms with van der Waals surface area (Å²) in [6.45, 7) is 5.86. The predicted molar refractivity (Wildman–Crippen MR) is 75.9 cm³/mol. The van der Waals surface area contributed by atoms with E-state index in [4.69, 9.17) is 4.74 Å². The maximum absolute atomic E-state index is 5.64. The van der Waals surface area contributed by atoms with Gasteiger partial charge in [0.2, 0.25) is 0 Å². The number of anilines is 1. The van der Waals surface area contributed by atoms with Crippen LogP contribution in [0.2, 0.25) is 0 Å². The van der Waals surface area contributed by atoms with Crippen molar-refractivity contribution in [2.75, 3.05) is 11.9 Å². The lowest BCUT2D eigenvalue weighted by Crippen LogP contribution is -2.06. The number of nitrogens with one attached hydrogen (secondary N) is 1. The monoisotopic (exact) mass is 257 g/mol. The first-order chi connectivity index (χ1) is 9.28. The van der Waals surface area contributed by atoms with Gasteiger partial charge in [-0.2, -0.15) is 0 Å². The van der Waals surface area contributed by atoms with Crippen LogP contribution in [0.1, 0.15) is 24.0 Å². The van der Waals surface area contributed by atoms with E-state index < -0.39 is 0 Å². The second-order valence-electron chi connectivity index (χ2n) is 4.32. The van der Waals surface area contributed by atoms with E-state index in [1.807, 2.05) is 50.2 Å². The van der Waals surface area contributed by atoms with Gasteiger partial charge in [0.05, 0.1) is 6.61 Å². The molecule has 4 nitrogen and oxygen atoms in total. The highest BCUT2D eigenvalue weighted by Gasteiger charge is 2.02. The average Bonchev–Trinajstić information content (AvgIpc) is 2.40. The van der Waals surface area contributed by atoms with Crippen molar-refractivity contribution in [2.45, 2.75) is 27.1 Å². The zero-order valence-electron chi connectivity index (χ0n) is 11.4. The molecule has 100 valence electrons. The molecule has 1 N–H and O–H groups in total. The molecular weight excluding hydrogens is 238 g/mol. The van der Waals surface area contributed by atoms with Gasteiger partial charge in [-0.15, -0.1) is 0 Å². The summed E-state index contributed by atoms with van der Waals surface area (Å²) in [5.41, 5.74) is 2.10. The van der Waals surface area contributed by atoms with Crippen LogP contribution in [-0.2, 0) is 18.0 Å². The van der Waals surface area contributed by atoms with Crippen LogP contribution >= 0.6 is 0 Å². The summed E-state index contributed by atoms with van der Waals surface area (Å²) >= 11 is 0. The zero-order chi connectivity index (χ0) is 13.5. The van der Waals surface area contributed by atoms with Crippen molar-refractivity contribution in [1.82, 2.24) is 9.97 Å². The van der Waals surface area contributed by atoms with Gasteiger partial charge in [-0.05, 0) is 19.4 Å². The van der Waals surface area contributed by atoms with Gasteiger partial charge >= 0.3 is 0 Å². The quantitative estimate of drug-likeness (QED) is 0.864. The Balaban J connectivity index is 1.92. The minimum absolute atomic E-state index is 0.426. The standard InChI is InChI=1S/C15H19N3O/c1-3-16-14-9-12(2)17-15(18-14)11-19-10-13-7-5-4-6-8-13/h4-9H,3,10-11H2,1-2H3,(H,16,17,18). The number of rotatable bonds is 6. The van der Waals surface area contributed by atoms with Gasteiger partial charge in [0.25, 0.3) is 0 Å². The number of nitrogens with zero attached hydrogens (tertiary/aromatic N) is 2. The fraction of sp³-hybridized carbons (Fsp3) is 0.333. The highest BCUT2D eigenvalue weighted by molar-refractivity contribution is 5.35. The van der Waals surface area contributed by atoms with E-state index in [0.717, 1.165) is 23.6 Å². The van der Waals surface area contributed by atoms with Crippen LogP contribution in [0.15, 0.2) is 36.4 Å². The van der Waals surface area contributed by atoms with Crippen LogP contribution in [0, 0.1) is 6.92 Å². The van der Waals surface area contributed by atoms with Gasteiger partial charge in [-0.25, -0.2) is 9.97 Å². The minimum Gasteiger partial charge on any atom is -0.370 e. The molecule has 0 bridgehead atoms. The molecule has 0 radical (unpaired) electrons. The Labute approximate surface area is 113 Å². The number of ether oxygens (including phenoxy) is 1. The van der Waals surface area contributed by atoms with Crippen LogP contribution in [0.3, 0.4) is 0 Å². The number of hydrogen-bond acceptors (Lipinski definition) is 4. The highest BCUT2D eigenvalue weighted by atomic mass is 16.5. The Morgan fingerprint density at radius 1 is 1.11 bits per heavy atom. The van der Waals surface area contributed by atoms with Crippen molar-refractivity contribution in [1.29, 1.82) is 0 Å². The Kier molecular flexibility index (Phi) is 4.86. The molecule has 1 aromatic carbocycles. The molecule has 4 heteroatoms. The fourth-order valence-corrected chi connectivity index (χ4v) is 1.80. The average molecular weight is 257 g/mol. The van der Waals surface area contributed by atoms with Gasteiger partial charge in [0, 0.05) is 18.3 Å². The second-order valence-corrected chi connectivity index (χ2v) is 4.32. The molecule has 0 aliphatic rings. The van der Waals surface area contributed by atoms with Crippen LogP contribution in [0.5, 0.6) is 0 Å². The third-order valence-electron chi connectivity index (χ3n) is 2.60. The first-order valence-electron chi connectivity index (χ1n) is 6.48. The molecule has 0 spiro atoms. The molecule has 0 aliphatic heterocycles. The topological polar surface area (TPSA) is 47.0 Å². The van der Waals surface area contributed by atoms with Crippen molar-refractivity contribution in [3.05, 3.63) is 53.5 Å². The predicted octanol–water partition coefficient (Wildman–Crippen LogP) is 2.93. The van der Waals surface area contributed by atoms with Crippen molar-refractivity contribution in [2.24, 2.45) is 0 Å². The lowest BCUT2D eigenvalue weighted by atomic mass is 10.2. The summed E-state index contributed by atoms with van der Waals surface area (Å²) in [6, 6.07) is 12.0. The van der Waals surface area contributed by atoms with E-state index in [2.05, 4.69) is 15.3 Å². The summed E-state index contributed by atoms with van der Waals surface area (Å²) in [4.78, 5) is 8.78. The van der Waals surface area contributed by atoms with E-state index in [-0.39, 0.29) is 0 Å². The summed E-state index contributed by atoms with van der Waals surface area (Å²) in [5, 5.41) is 3.19. The van der Waals surface area contributed by atoms with Crippen molar-refractivity contribution < 1.29 is 4.74 Å². The van der Waals surface area contributed by atoms with Crippen molar-refractivity contribution in [3.8, 4) is 0 Å². The first kappa shape index (κ1) is 13.5. The lowest BCUT2D eigenvalue weighted by molar-refractivity contribution is 0.102. The molecule has 0 saturated carbocycles. The van der Waals surface area contributed by atoms with Gasteiger partial charge < -0.3 is 10.1 Å². The minimum atomic E-state index is 0.426. The number of aryl methyl sites for hydroxylation is 1. The van der Waals surface area contributed by atoms with Crippen LogP contribution < -0.4 is 5.32 Å². The third-order valence-corrected chi connectivity index (χ3v) is 2.60. The van der Waals surface area contributed by atoms with E-state index in [0.29, 0.717) is 19.0 Å². The van der Waals surface area contributed by atoms with Crippen LogP contribution in [-0.4, -0.2) is 16.5 Å². The zero-order valence-corrected chi connectivity index (χ0v) is 11.4. The van der Waals surface area contributed by atoms with E-state index in [1.165, 1.54) is 0 Å². The molecule has 0 fully saturated rings. The summed E-state index contributed by atoms with van der Waals surface area (Å²) < 4.78 is 5.64. The fourth-order valence-electron chi connectivity index (χ4n) is 1.80. The summed E-state index contributed by atoms with van der Waals surface area (Å²) in [5.74, 6) is 1.57. The molecule has 19 heavy (non-hydrogen) atoms. The van der Waals surface area contributed by atoms with Gasteiger partial charge in [0.1, 0.15) is 12.4 Å². The van der Waals surface area contributed by atoms with Crippen LogP contribution in [0.4, 0.5) is 5.82 Å². The lowest BCUT2D eigenvalue weighted by Gasteiger charge is -2.07. The first-order valence-corrected chi connectivity index (χ1v) is 6.48. The van der Waals surface area contributed by atoms with E-state index in [9.17, 15) is 0 Å². The highest BCUT2D eigenvalue weighted by Crippen LogP contribution is 2.08. The smallest absolute Gasteiger partial charge is 0.156 e. The van der Waals surface area contributed by atoms with Crippen molar-refractivity contribution >= 4 is 5.82 Å². The SMILES string of the molecule is CCNc1cc(C)nc(COCc2ccccc2)n1. The number of hydrogen-bond donors (Lipinski definition) is 1. The van der Waals surface area contributed by atoms with Crippen LogP contribution in [0.25, 0.3) is 0 Å². The Bertz CT molecular complexity index is 514. The second kappa shape index (κ2) is 6.85. The molecule has 0 aliphatic carbocycles.